The summed E-state index contributed by atoms with van der Waals surface area (Å²) in [4.78, 5) is 43.3. The van der Waals surface area contributed by atoms with Gasteiger partial charge in [-0.1, -0.05) is 41.4 Å². The largest absolute Gasteiger partial charge is 0.361 e. The smallest absolute Gasteiger partial charge is 0.251 e. The number of para-hydroxylation sites is 1. The van der Waals surface area contributed by atoms with Crippen molar-refractivity contribution in [1.82, 2.24) is 20.5 Å². The van der Waals surface area contributed by atoms with Crippen LogP contribution in [0, 0.1) is 0 Å². The highest BCUT2D eigenvalue weighted by molar-refractivity contribution is 6.42. The molecule has 9 heteroatoms. The van der Waals surface area contributed by atoms with Gasteiger partial charge in [-0.15, -0.1) is 0 Å². The number of carbonyl (C=O) groups excluding carboxylic acids is 3. The van der Waals surface area contributed by atoms with E-state index >= 15 is 0 Å². The summed E-state index contributed by atoms with van der Waals surface area (Å²) in [5, 5.41) is 7.46. The highest BCUT2D eigenvalue weighted by Gasteiger charge is 2.46. The number of amides is 3. The molecule has 0 bridgehead atoms. The number of piperazine rings is 1. The van der Waals surface area contributed by atoms with Crippen LogP contribution in [0.3, 0.4) is 0 Å². The lowest BCUT2D eigenvalue weighted by molar-refractivity contribution is -0.146. The van der Waals surface area contributed by atoms with Gasteiger partial charge in [-0.3, -0.25) is 14.4 Å². The monoisotopic (exact) mass is 470 g/mol. The number of nitrogens with zero attached hydrogens (tertiary/aromatic N) is 1. The molecule has 3 atom stereocenters. The highest BCUT2D eigenvalue weighted by atomic mass is 35.5. The summed E-state index contributed by atoms with van der Waals surface area (Å²) < 4.78 is 0. The lowest BCUT2D eigenvalue weighted by atomic mass is 10.0. The van der Waals surface area contributed by atoms with Crippen molar-refractivity contribution >= 4 is 51.8 Å². The number of nitrogens with one attached hydrogen (secondary N) is 3. The van der Waals surface area contributed by atoms with Crippen molar-refractivity contribution in [1.29, 1.82) is 0 Å². The first-order valence-corrected chi connectivity index (χ1v) is 11.1. The van der Waals surface area contributed by atoms with E-state index in [-0.39, 0.29) is 35.3 Å². The molecule has 3 amide bonds. The quantitative estimate of drug-likeness (QED) is 0.546. The van der Waals surface area contributed by atoms with Gasteiger partial charge in [0.2, 0.25) is 11.8 Å². The van der Waals surface area contributed by atoms with Gasteiger partial charge in [0.25, 0.3) is 5.91 Å². The minimum atomic E-state index is -0.637. The van der Waals surface area contributed by atoms with E-state index in [1.165, 1.54) is 6.07 Å². The number of halogens is 2. The maximum absolute atomic E-state index is 13.2. The van der Waals surface area contributed by atoms with Crippen molar-refractivity contribution in [3.63, 3.8) is 0 Å². The Bertz CT molecular complexity index is 1240. The molecule has 32 heavy (non-hydrogen) atoms. The molecular weight excluding hydrogens is 451 g/mol. The number of hydrogen-bond donors (Lipinski definition) is 3. The third-order valence-corrected chi connectivity index (χ3v) is 6.86. The summed E-state index contributed by atoms with van der Waals surface area (Å²) >= 11 is 11.9. The third kappa shape index (κ3) is 3.72. The fourth-order valence-corrected chi connectivity index (χ4v) is 4.83. The second-order valence-corrected chi connectivity index (χ2v) is 8.98. The van der Waals surface area contributed by atoms with Crippen LogP contribution in [-0.4, -0.2) is 52.3 Å². The van der Waals surface area contributed by atoms with E-state index in [0.717, 1.165) is 16.5 Å². The van der Waals surface area contributed by atoms with Crippen LogP contribution in [0.4, 0.5) is 0 Å². The molecule has 2 aliphatic rings. The van der Waals surface area contributed by atoms with Crippen LogP contribution in [0.25, 0.3) is 10.9 Å². The number of aromatic nitrogens is 1. The standard InChI is InChI=1S/C23H20Cl2N4O3/c24-16-6-5-12(7-17(16)25)21(30)27-14-9-20-22(31)28-19(23(32)29(20)11-14)8-13-10-26-18-4-2-1-3-15(13)18/h1-7,10,14,19-20,26H,8-9,11H2,(H,27,30)(H,28,31)/t14-,19-,20-/m0/s1. The Hall–Kier alpha value is -3.03. The fourth-order valence-electron chi connectivity index (χ4n) is 4.53. The van der Waals surface area contributed by atoms with Gasteiger partial charge in [0.05, 0.1) is 10.0 Å². The first-order valence-electron chi connectivity index (χ1n) is 10.3. The molecule has 5 rings (SSSR count). The predicted molar refractivity (Wildman–Crippen MR) is 122 cm³/mol. The third-order valence-electron chi connectivity index (χ3n) is 6.12. The van der Waals surface area contributed by atoms with Gasteiger partial charge in [-0.25, -0.2) is 0 Å². The van der Waals surface area contributed by atoms with Crippen LogP contribution in [0.2, 0.25) is 10.0 Å². The SMILES string of the molecule is O=C(N[C@H]1C[C@H]2C(=O)N[C@@H](Cc3c[nH]c4ccccc34)C(=O)N2C1)c1ccc(Cl)c(Cl)c1. The van der Waals surface area contributed by atoms with Crippen LogP contribution in [0.15, 0.2) is 48.7 Å². The van der Waals surface area contributed by atoms with Gasteiger partial charge in [-0.2, -0.15) is 0 Å². The Morgan fingerprint density at radius 2 is 1.94 bits per heavy atom. The molecule has 164 valence electrons. The molecule has 3 N–H and O–H groups in total. The fraction of sp³-hybridized carbons (Fsp3) is 0.261. The zero-order valence-electron chi connectivity index (χ0n) is 16.9. The summed E-state index contributed by atoms with van der Waals surface area (Å²) in [6, 6.07) is 10.9. The number of fused-ring (bicyclic) bond motifs is 2. The summed E-state index contributed by atoms with van der Waals surface area (Å²) in [5.41, 5.74) is 2.33. The van der Waals surface area contributed by atoms with E-state index in [0.29, 0.717) is 23.4 Å². The van der Waals surface area contributed by atoms with Crippen molar-refractivity contribution in [2.45, 2.75) is 31.0 Å². The Balaban J connectivity index is 1.28. The molecule has 2 aromatic carbocycles. The van der Waals surface area contributed by atoms with Crippen LogP contribution in [0.1, 0.15) is 22.3 Å². The van der Waals surface area contributed by atoms with Crippen molar-refractivity contribution in [3.8, 4) is 0 Å². The van der Waals surface area contributed by atoms with Crippen LogP contribution in [0.5, 0.6) is 0 Å². The topological polar surface area (TPSA) is 94.3 Å². The van der Waals surface area contributed by atoms with Crippen LogP contribution >= 0.6 is 23.2 Å². The van der Waals surface area contributed by atoms with Gasteiger partial charge < -0.3 is 20.5 Å². The normalized spacial score (nSPS) is 22.7. The Morgan fingerprint density at radius 3 is 2.75 bits per heavy atom. The molecule has 2 saturated heterocycles. The minimum absolute atomic E-state index is 0.133. The summed E-state index contributed by atoms with van der Waals surface area (Å²) in [7, 11) is 0. The average molecular weight is 471 g/mol. The first kappa shape index (κ1) is 20.8. The molecule has 3 aromatic rings. The predicted octanol–water partition coefficient (Wildman–Crippen LogP) is 2.92. The maximum Gasteiger partial charge on any atom is 0.251 e. The number of H-pyrrole nitrogens is 1. The molecule has 7 nitrogen and oxygen atoms in total. The summed E-state index contributed by atoms with van der Waals surface area (Å²) in [6.07, 6.45) is 2.64. The Morgan fingerprint density at radius 1 is 1.12 bits per heavy atom. The molecule has 2 fully saturated rings. The Labute approximate surface area is 194 Å². The first-order chi connectivity index (χ1) is 15.4. The molecule has 2 aliphatic heterocycles. The van der Waals surface area contributed by atoms with E-state index in [1.807, 2.05) is 30.5 Å². The van der Waals surface area contributed by atoms with Crippen molar-refractivity contribution in [2.24, 2.45) is 0 Å². The zero-order valence-corrected chi connectivity index (χ0v) is 18.4. The molecule has 0 spiro atoms. The number of hydrogen-bond acceptors (Lipinski definition) is 3. The lowest BCUT2D eigenvalue weighted by Gasteiger charge is -2.34. The number of carbonyl (C=O) groups is 3. The number of benzene rings is 2. The van der Waals surface area contributed by atoms with E-state index < -0.39 is 12.1 Å². The lowest BCUT2D eigenvalue weighted by Crippen LogP contribution is -2.61. The second-order valence-electron chi connectivity index (χ2n) is 8.17. The molecular formula is C23H20Cl2N4O3. The average Bonchev–Trinajstić information content (AvgIpc) is 3.39. The van der Waals surface area contributed by atoms with Gasteiger partial charge in [0, 0.05) is 41.7 Å². The summed E-state index contributed by atoms with van der Waals surface area (Å²) in [5.74, 6) is -0.650. The Kier molecular flexibility index (Phi) is 5.31. The van der Waals surface area contributed by atoms with Gasteiger partial charge in [0.1, 0.15) is 12.1 Å². The van der Waals surface area contributed by atoms with E-state index in [2.05, 4.69) is 15.6 Å². The maximum atomic E-state index is 13.2. The van der Waals surface area contributed by atoms with Gasteiger partial charge in [0.15, 0.2) is 0 Å². The minimum Gasteiger partial charge on any atom is -0.361 e. The van der Waals surface area contributed by atoms with Crippen molar-refractivity contribution in [2.75, 3.05) is 6.54 Å². The molecule has 0 aliphatic carbocycles. The van der Waals surface area contributed by atoms with Crippen molar-refractivity contribution < 1.29 is 14.4 Å². The number of rotatable bonds is 4. The van der Waals surface area contributed by atoms with Crippen LogP contribution in [-0.2, 0) is 16.0 Å². The van der Waals surface area contributed by atoms with E-state index in [1.54, 1.807) is 17.0 Å². The molecule has 0 radical (unpaired) electrons. The van der Waals surface area contributed by atoms with Gasteiger partial charge in [-0.05, 0) is 36.2 Å². The molecule has 1 aromatic heterocycles. The van der Waals surface area contributed by atoms with E-state index in [9.17, 15) is 14.4 Å². The highest BCUT2D eigenvalue weighted by Crippen LogP contribution is 2.27. The van der Waals surface area contributed by atoms with E-state index in [4.69, 9.17) is 23.2 Å². The number of aromatic amines is 1. The molecule has 3 heterocycles. The van der Waals surface area contributed by atoms with Gasteiger partial charge >= 0.3 is 0 Å². The zero-order chi connectivity index (χ0) is 22.4. The van der Waals surface area contributed by atoms with Crippen LogP contribution < -0.4 is 10.6 Å². The van der Waals surface area contributed by atoms with Crippen molar-refractivity contribution in [3.05, 3.63) is 69.8 Å². The summed E-state index contributed by atoms with van der Waals surface area (Å²) in [6.45, 7) is 0.286. The molecule has 0 unspecified atom stereocenters. The molecule has 0 saturated carbocycles. The second kappa shape index (κ2) is 8.15.